The third kappa shape index (κ3) is 4.73. The van der Waals surface area contributed by atoms with Crippen molar-refractivity contribution in [3.8, 4) is 17.0 Å². The van der Waals surface area contributed by atoms with Crippen molar-refractivity contribution in [3.63, 3.8) is 0 Å². The van der Waals surface area contributed by atoms with Crippen molar-refractivity contribution >= 4 is 17.2 Å². The van der Waals surface area contributed by atoms with Gasteiger partial charge in [0.1, 0.15) is 11.3 Å². The zero-order valence-electron chi connectivity index (χ0n) is 18.8. The van der Waals surface area contributed by atoms with Crippen LogP contribution in [0.3, 0.4) is 0 Å². The Morgan fingerprint density at radius 2 is 1.76 bits per heavy atom. The minimum Gasteiger partial charge on any atom is -0.494 e. The Balaban J connectivity index is 1.74. The van der Waals surface area contributed by atoms with Crippen LogP contribution in [0, 0.1) is 0 Å². The minimum atomic E-state index is -4.69. The molecule has 0 aliphatic rings. The van der Waals surface area contributed by atoms with E-state index >= 15 is 0 Å². The maximum Gasteiger partial charge on any atom is 0.433 e. The molecule has 6 nitrogen and oxygen atoms in total. The van der Waals surface area contributed by atoms with Crippen molar-refractivity contribution in [3.05, 3.63) is 77.6 Å². The highest BCUT2D eigenvalue weighted by Crippen LogP contribution is 2.33. The summed E-state index contributed by atoms with van der Waals surface area (Å²) in [5.41, 5.74) is 0.869. The second-order valence-electron chi connectivity index (χ2n) is 8.01. The van der Waals surface area contributed by atoms with Gasteiger partial charge in [0.25, 0.3) is 5.91 Å². The summed E-state index contributed by atoms with van der Waals surface area (Å²) in [4.78, 5) is 17.3. The summed E-state index contributed by atoms with van der Waals surface area (Å²) in [6.45, 7) is 6.42. The van der Waals surface area contributed by atoms with Crippen LogP contribution >= 0.6 is 0 Å². The number of nitrogens with zero attached hydrogens (tertiary/aromatic N) is 3. The van der Waals surface area contributed by atoms with Crippen molar-refractivity contribution in [2.24, 2.45) is 0 Å². The highest BCUT2D eigenvalue weighted by Gasteiger charge is 2.36. The molecule has 34 heavy (non-hydrogen) atoms. The second-order valence-corrected chi connectivity index (χ2v) is 8.01. The molecule has 2 heterocycles. The topological polar surface area (TPSA) is 68.5 Å². The minimum absolute atomic E-state index is 0.0694. The third-order valence-corrected chi connectivity index (χ3v) is 5.30. The monoisotopic (exact) mass is 468 g/mol. The molecule has 1 N–H and O–H groups in total. The van der Waals surface area contributed by atoms with Gasteiger partial charge in [0.05, 0.1) is 18.5 Å². The summed E-state index contributed by atoms with van der Waals surface area (Å²) in [6, 6.07) is 14.8. The number of amides is 1. The molecule has 0 saturated heterocycles. The van der Waals surface area contributed by atoms with E-state index in [1.165, 1.54) is 0 Å². The molecular formula is C25H23F3N4O2. The van der Waals surface area contributed by atoms with E-state index in [4.69, 9.17) is 4.74 Å². The summed E-state index contributed by atoms with van der Waals surface area (Å²) in [5.74, 6) is 0.302. The van der Waals surface area contributed by atoms with Crippen molar-refractivity contribution in [2.75, 3.05) is 11.9 Å². The Morgan fingerprint density at radius 1 is 1.09 bits per heavy atom. The van der Waals surface area contributed by atoms with E-state index < -0.39 is 17.8 Å². The van der Waals surface area contributed by atoms with Crippen LogP contribution in [0.5, 0.6) is 5.75 Å². The van der Waals surface area contributed by atoms with Crippen LogP contribution in [-0.4, -0.2) is 27.1 Å². The van der Waals surface area contributed by atoms with E-state index in [1.54, 1.807) is 36.4 Å². The fraction of sp³-hybridized carbons (Fsp3) is 0.240. The number of hydrogen-bond acceptors (Lipinski definition) is 4. The van der Waals surface area contributed by atoms with E-state index in [2.05, 4.69) is 15.4 Å². The van der Waals surface area contributed by atoms with Crippen LogP contribution in [0.15, 0.2) is 60.8 Å². The van der Waals surface area contributed by atoms with Crippen molar-refractivity contribution in [1.29, 1.82) is 0 Å². The third-order valence-electron chi connectivity index (χ3n) is 5.30. The summed E-state index contributed by atoms with van der Waals surface area (Å²) < 4.78 is 47.5. The number of rotatable bonds is 6. The number of benzene rings is 2. The summed E-state index contributed by atoms with van der Waals surface area (Å²) >= 11 is 0. The van der Waals surface area contributed by atoms with Crippen LogP contribution in [0.25, 0.3) is 16.9 Å². The lowest BCUT2D eigenvalue weighted by Crippen LogP contribution is -2.15. The van der Waals surface area contributed by atoms with Gasteiger partial charge in [-0.1, -0.05) is 38.1 Å². The zero-order chi connectivity index (χ0) is 24.5. The van der Waals surface area contributed by atoms with Gasteiger partial charge in [0, 0.05) is 11.3 Å². The molecule has 2 aromatic carbocycles. The standard InChI is InChI=1S/C25H23F3N4O2/c1-4-34-19-11-9-18(10-12-19)30-24(33)20-14-29-32-22(25(26,27)28)13-21(31-23(20)32)17-7-5-16(6-8-17)15(2)3/h5-15H,4H2,1-3H3,(H,30,33). The Morgan fingerprint density at radius 3 is 2.35 bits per heavy atom. The van der Waals surface area contributed by atoms with Crippen LogP contribution in [0.4, 0.5) is 18.9 Å². The van der Waals surface area contributed by atoms with Crippen molar-refractivity contribution in [2.45, 2.75) is 32.9 Å². The lowest BCUT2D eigenvalue weighted by atomic mass is 10.0. The first-order valence-corrected chi connectivity index (χ1v) is 10.8. The van der Waals surface area contributed by atoms with Crippen LogP contribution in [0.2, 0.25) is 0 Å². The largest absolute Gasteiger partial charge is 0.494 e. The average Bonchev–Trinajstić information content (AvgIpc) is 3.23. The fourth-order valence-electron chi connectivity index (χ4n) is 3.51. The van der Waals surface area contributed by atoms with Gasteiger partial charge in [-0.25, -0.2) is 9.50 Å². The van der Waals surface area contributed by atoms with Crippen molar-refractivity contribution < 1.29 is 22.7 Å². The average molecular weight is 468 g/mol. The molecule has 0 bridgehead atoms. The molecule has 0 fully saturated rings. The Kier molecular flexibility index (Phi) is 6.28. The van der Waals surface area contributed by atoms with E-state index in [0.29, 0.717) is 28.1 Å². The summed E-state index contributed by atoms with van der Waals surface area (Å²) in [7, 11) is 0. The quantitative estimate of drug-likeness (QED) is 0.366. The van der Waals surface area contributed by atoms with Gasteiger partial charge in [0.2, 0.25) is 0 Å². The SMILES string of the molecule is CCOc1ccc(NC(=O)c2cnn3c(C(F)(F)F)cc(-c4ccc(C(C)C)cc4)nc23)cc1. The van der Waals surface area contributed by atoms with Gasteiger partial charge in [0.15, 0.2) is 11.3 Å². The number of halogens is 3. The Bertz CT molecular complexity index is 1310. The van der Waals surface area contributed by atoms with Gasteiger partial charge < -0.3 is 10.1 Å². The smallest absolute Gasteiger partial charge is 0.433 e. The molecule has 0 spiro atoms. The maximum absolute atomic E-state index is 13.8. The van der Waals surface area contributed by atoms with Gasteiger partial charge in [-0.2, -0.15) is 18.3 Å². The van der Waals surface area contributed by atoms with Gasteiger partial charge in [-0.15, -0.1) is 0 Å². The molecule has 2 aromatic heterocycles. The van der Waals surface area contributed by atoms with E-state index in [0.717, 1.165) is 17.8 Å². The van der Waals surface area contributed by atoms with Crippen LogP contribution < -0.4 is 10.1 Å². The van der Waals surface area contributed by atoms with E-state index in [9.17, 15) is 18.0 Å². The number of carbonyl (C=O) groups excluding carboxylic acids is 1. The molecule has 0 aliphatic heterocycles. The first-order valence-electron chi connectivity index (χ1n) is 10.8. The molecule has 0 atom stereocenters. The second kappa shape index (κ2) is 9.17. The normalized spacial score (nSPS) is 11.7. The lowest BCUT2D eigenvalue weighted by molar-refractivity contribution is -0.142. The molecule has 0 aliphatic carbocycles. The molecule has 4 rings (SSSR count). The zero-order valence-corrected chi connectivity index (χ0v) is 18.8. The fourth-order valence-corrected chi connectivity index (χ4v) is 3.51. The molecular weight excluding hydrogens is 445 g/mol. The number of aromatic nitrogens is 3. The summed E-state index contributed by atoms with van der Waals surface area (Å²) in [6.07, 6.45) is -3.60. The molecule has 4 aromatic rings. The predicted octanol–water partition coefficient (Wildman–Crippen LogP) is 6.19. The number of ether oxygens (including phenoxy) is 1. The lowest BCUT2D eigenvalue weighted by Gasteiger charge is -2.12. The molecule has 0 saturated carbocycles. The molecule has 0 unspecified atom stereocenters. The number of nitrogens with one attached hydrogen (secondary N) is 1. The number of anilines is 1. The van der Waals surface area contributed by atoms with Crippen molar-refractivity contribution in [1.82, 2.24) is 14.6 Å². The highest BCUT2D eigenvalue weighted by molar-refractivity contribution is 6.08. The van der Waals surface area contributed by atoms with Gasteiger partial charge in [-0.05, 0) is 48.7 Å². The first kappa shape index (κ1) is 23.3. The maximum atomic E-state index is 13.8. The predicted molar refractivity (Wildman–Crippen MR) is 123 cm³/mol. The molecule has 176 valence electrons. The number of fused-ring (bicyclic) bond motifs is 1. The van der Waals surface area contributed by atoms with Gasteiger partial charge in [-0.3, -0.25) is 4.79 Å². The number of carbonyl (C=O) groups is 1. The number of hydrogen-bond donors (Lipinski definition) is 1. The number of alkyl halides is 3. The molecule has 1 amide bonds. The summed E-state index contributed by atoms with van der Waals surface area (Å²) in [5, 5.41) is 6.49. The van der Waals surface area contributed by atoms with Crippen LogP contribution in [0.1, 0.15) is 48.3 Å². The Labute approximate surface area is 194 Å². The van der Waals surface area contributed by atoms with Gasteiger partial charge >= 0.3 is 6.18 Å². The van der Waals surface area contributed by atoms with E-state index in [-0.39, 0.29) is 22.8 Å². The molecule has 9 heteroatoms. The van der Waals surface area contributed by atoms with Crippen LogP contribution in [-0.2, 0) is 6.18 Å². The van der Waals surface area contributed by atoms with E-state index in [1.807, 2.05) is 32.9 Å². The molecule has 0 radical (unpaired) electrons. The highest BCUT2D eigenvalue weighted by atomic mass is 19.4. The first-order chi connectivity index (χ1) is 16.2. The Hall–Kier alpha value is -3.88.